The standard InChI is InChI=1S/C19H20N2O2/c1-14-5-4-6-15(11-14)13-21-17(12-16-7-10-23-19(16)21)18(22)20-8-2-3-9-20/h4-7,10-12H,2-3,8-9,13H2,1H3. The van der Waals surface area contributed by atoms with Gasteiger partial charge in [-0.25, -0.2) is 0 Å². The van der Waals surface area contributed by atoms with Crippen LogP contribution in [-0.4, -0.2) is 28.5 Å². The lowest BCUT2D eigenvalue weighted by Crippen LogP contribution is -2.29. The molecule has 4 nitrogen and oxygen atoms in total. The third kappa shape index (κ3) is 2.54. The zero-order valence-corrected chi connectivity index (χ0v) is 13.3. The van der Waals surface area contributed by atoms with Crippen molar-refractivity contribution in [2.45, 2.75) is 26.3 Å². The van der Waals surface area contributed by atoms with Gasteiger partial charge in [-0.05, 0) is 37.5 Å². The fourth-order valence-electron chi connectivity index (χ4n) is 3.38. The van der Waals surface area contributed by atoms with E-state index in [0.717, 1.165) is 42.7 Å². The second-order valence-corrected chi connectivity index (χ2v) is 6.29. The van der Waals surface area contributed by atoms with Crippen molar-refractivity contribution in [1.29, 1.82) is 0 Å². The number of aryl methyl sites for hydroxylation is 1. The summed E-state index contributed by atoms with van der Waals surface area (Å²) >= 11 is 0. The minimum absolute atomic E-state index is 0.113. The van der Waals surface area contributed by atoms with Crippen LogP contribution in [0.25, 0.3) is 11.1 Å². The highest BCUT2D eigenvalue weighted by molar-refractivity contribution is 5.97. The van der Waals surface area contributed by atoms with Crippen LogP contribution in [0.15, 0.2) is 47.1 Å². The van der Waals surface area contributed by atoms with Gasteiger partial charge in [0.05, 0.1) is 12.8 Å². The van der Waals surface area contributed by atoms with Gasteiger partial charge in [-0.2, -0.15) is 0 Å². The van der Waals surface area contributed by atoms with Crippen LogP contribution in [0.1, 0.15) is 34.5 Å². The summed E-state index contributed by atoms with van der Waals surface area (Å²) in [6.07, 6.45) is 3.88. The summed E-state index contributed by atoms with van der Waals surface area (Å²) in [4.78, 5) is 14.8. The largest absolute Gasteiger partial charge is 0.448 e. The minimum atomic E-state index is 0.113. The molecule has 4 rings (SSSR count). The normalized spacial score (nSPS) is 14.7. The summed E-state index contributed by atoms with van der Waals surface area (Å²) in [5.41, 5.74) is 3.89. The van der Waals surface area contributed by atoms with Gasteiger partial charge in [-0.1, -0.05) is 29.8 Å². The molecule has 1 aromatic carbocycles. The Hall–Kier alpha value is -2.49. The number of fused-ring (bicyclic) bond motifs is 1. The van der Waals surface area contributed by atoms with Gasteiger partial charge in [0.25, 0.3) is 5.91 Å². The molecule has 0 atom stereocenters. The van der Waals surface area contributed by atoms with E-state index in [0.29, 0.717) is 6.54 Å². The summed E-state index contributed by atoms with van der Waals surface area (Å²) in [5.74, 6) is 0.113. The lowest BCUT2D eigenvalue weighted by Gasteiger charge is -2.17. The van der Waals surface area contributed by atoms with Crippen LogP contribution in [0, 0.1) is 6.92 Å². The second kappa shape index (κ2) is 5.61. The summed E-state index contributed by atoms with van der Waals surface area (Å²) in [6, 6.07) is 12.2. The van der Waals surface area contributed by atoms with Crippen molar-refractivity contribution < 1.29 is 9.21 Å². The molecular formula is C19H20N2O2. The Bertz CT molecular complexity index is 853. The van der Waals surface area contributed by atoms with Crippen molar-refractivity contribution in [3.63, 3.8) is 0 Å². The predicted molar refractivity (Wildman–Crippen MR) is 89.6 cm³/mol. The van der Waals surface area contributed by atoms with E-state index < -0.39 is 0 Å². The fraction of sp³-hybridized carbons (Fsp3) is 0.316. The number of hydrogen-bond donors (Lipinski definition) is 0. The van der Waals surface area contributed by atoms with Gasteiger partial charge in [-0.3, -0.25) is 4.79 Å². The number of likely N-dealkylation sites (tertiary alicyclic amines) is 1. The molecule has 0 saturated carbocycles. The van der Waals surface area contributed by atoms with Crippen LogP contribution >= 0.6 is 0 Å². The number of aromatic nitrogens is 1. The Morgan fingerprint density at radius 2 is 2.00 bits per heavy atom. The van der Waals surface area contributed by atoms with Gasteiger partial charge in [-0.15, -0.1) is 0 Å². The van der Waals surface area contributed by atoms with Crippen LogP contribution in [0.2, 0.25) is 0 Å². The average Bonchev–Trinajstić information content (AvgIpc) is 3.25. The van der Waals surface area contributed by atoms with Gasteiger partial charge < -0.3 is 13.9 Å². The average molecular weight is 308 g/mol. The number of rotatable bonds is 3. The second-order valence-electron chi connectivity index (χ2n) is 6.29. The molecule has 0 aliphatic carbocycles. The van der Waals surface area contributed by atoms with Gasteiger partial charge in [0.2, 0.25) is 5.71 Å². The quantitative estimate of drug-likeness (QED) is 0.737. The molecule has 0 radical (unpaired) electrons. The number of amides is 1. The van der Waals surface area contributed by atoms with Crippen LogP contribution in [0.3, 0.4) is 0 Å². The monoisotopic (exact) mass is 308 g/mol. The molecule has 1 fully saturated rings. The molecule has 3 aromatic rings. The van der Waals surface area contributed by atoms with E-state index in [-0.39, 0.29) is 5.91 Å². The maximum Gasteiger partial charge on any atom is 0.270 e. The highest BCUT2D eigenvalue weighted by Gasteiger charge is 2.24. The lowest BCUT2D eigenvalue weighted by molar-refractivity contribution is 0.0782. The number of hydrogen-bond acceptors (Lipinski definition) is 2. The topological polar surface area (TPSA) is 38.4 Å². The SMILES string of the molecule is Cc1cccc(Cn2c(C(=O)N3CCCC3)cc3ccoc32)c1. The van der Waals surface area contributed by atoms with E-state index >= 15 is 0 Å². The Kier molecular flexibility index (Phi) is 3.45. The van der Waals surface area contributed by atoms with E-state index in [9.17, 15) is 4.79 Å². The number of carbonyl (C=O) groups is 1. The molecular weight excluding hydrogens is 288 g/mol. The summed E-state index contributed by atoms with van der Waals surface area (Å²) in [5, 5.41) is 0.986. The van der Waals surface area contributed by atoms with E-state index in [2.05, 4.69) is 31.2 Å². The van der Waals surface area contributed by atoms with Crippen LogP contribution in [-0.2, 0) is 6.54 Å². The third-order valence-electron chi connectivity index (χ3n) is 4.54. The molecule has 2 aromatic heterocycles. The molecule has 118 valence electrons. The molecule has 0 bridgehead atoms. The van der Waals surface area contributed by atoms with Gasteiger partial charge >= 0.3 is 0 Å². The molecule has 0 unspecified atom stereocenters. The van der Waals surface area contributed by atoms with Crippen molar-refractivity contribution in [3.05, 3.63) is 59.5 Å². The molecule has 4 heteroatoms. The van der Waals surface area contributed by atoms with Crippen molar-refractivity contribution in [2.75, 3.05) is 13.1 Å². The summed E-state index contributed by atoms with van der Waals surface area (Å²) in [7, 11) is 0. The summed E-state index contributed by atoms with van der Waals surface area (Å²) < 4.78 is 7.64. The number of furan rings is 1. The van der Waals surface area contributed by atoms with Crippen molar-refractivity contribution >= 4 is 17.0 Å². The first-order valence-corrected chi connectivity index (χ1v) is 8.14. The van der Waals surface area contributed by atoms with Crippen LogP contribution in [0.4, 0.5) is 0 Å². The van der Waals surface area contributed by atoms with Crippen LogP contribution in [0.5, 0.6) is 0 Å². The van der Waals surface area contributed by atoms with Gasteiger partial charge in [0.15, 0.2) is 0 Å². The Labute approximate surface area is 135 Å². The molecule has 0 N–H and O–H groups in total. The first-order chi connectivity index (χ1) is 11.2. The molecule has 0 spiro atoms. The first kappa shape index (κ1) is 14.1. The van der Waals surface area contributed by atoms with E-state index in [4.69, 9.17) is 4.42 Å². The Morgan fingerprint density at radius 1 is 1.17 bits per heavy atom. The maximum atomic E-state index is 12.9. The zero-order chi connectivity index (χ0) is 15.8. The fourth-order valence-corrected chi connectivity index (χ4v) is 3.38. The smallest absolute Gasteiger partial charge is 0.270 e. The number of carbonyl (C=O) groups excluding carboxylic acids is 1. The number of nitrogens with zero attached hydrogens (tertiary/aromatic N) is 2. The third-order valence-corrected chi connectivity index (χ3v) is 4.54. The predicted octanol–water partition coefficient (Wildman–Crippen LogP) is 3.83. The Morgan fingerprint density at radius 3 is 2.78 bits per heavy atom. The highest BCUT2D eigenvalue weighted by Crippen LogP contribution is 2.25. The first-order valence-electron chi connectivity index (χ1n) is 8.14. The van der Waals surface area contributed by atoms with Crippen molar-refractivity contribution in [2.24, 2.45) is 0 Å². The minimum Gasteiger partial charge on any atom is -0.448 e. The molecule has 1 saturated heterocycles. The van der Waals surface area contributed by atoms with Crippen molar-refractivity contribution in [1.82, 2.24) is 9.47 Å². The zero-order valence-electron chi connectivity index (χ0n) is 13.3. The van der Waals surface area contributed by atoms with Crippen LogP contribution < -0.4 is 0 Å². The molecule has 1 aliphatic rings. The van der Waals surface area contributed by atoms with E-state index in [1.807, 2.05) is 21.6 Å². The van der Waals surface area contributed by atoms with Gasteiger partial charge in [0.1, 0.15) is 5.69 Å². The molecule has 1 amide bonds. The summed E-state index contributed by atoms with van der Waals surface area (Å²) in [6.45, 7) is 4.44. The highest BCUT2D eigenvalue weighted by atomic mass is 16.3. The molecule has 3 heterocycles. The Balaban J connectivity index is 1.75. The van der Waals surface area contributed by atoms with E-state index in [1.54, 1.807) is 6.26 Å². The van der Waals surface area contributed by atoms with Crippen molar-refractivity contribution in [3.8, 4) is 0 Å². The van der Waals surface area contributed by atoms with E-state index in [1.165, 1.54) is 11.1 Å². The molecule has 1 aliphatic heterocycles. The molecule has 23 heavy (non-hydrogen) atoms. The van der Waals surface area contributed by atoms with Gasteiger partial charge in [0, 0.05) is 18.5 Å². The number of benzene rings is 1. The lowest BCUT2D eigenvalue weighted by atomic mass is 10.1. The maximum absolute atomic E-state index is 12.9.